The Labute approximate surface area is 179 Å². The molecule has 0 radical (unpaired) electrons. The minimum Gasteiger partial charge on any atom is -0.349 e. The lowest BCUT2D eigenvalue weighted by Gasteiger charge is -2.34. The minimum absolute atomic E-state index is 0.0878. The number of carbonyl (C=O) groups excluding carboxylic acids is 2. The number of carbonyl (C=O) groups is 2. The van der Waals surface area contributed by atoms with Crippen LogP contribution in [0.3, 0.4) is 0 Å². The lowest BCUT2D eigenvalue weighted by Crippen LogP contribution is -2.48. The van der Waals surface area contributed by atoms with E-state index in [1.165, 1.54) is 4.88 Å². The van der Waals surface area contributed by atoms with Gasteiger partial charge in [-0.05, 0) is 37.1 Å². The molecule has 2 aliphatic rings. The molecule has 2 amide bonds. The molecule has 1 aromatic heterocycles. The summed E-state index contributed by atoms with van der Waals surface area (Å²) >= 11 is 7.62. The molecule has 0 atom stereocenters. The monoisotopic (exact) mass is 432 g/mol. The van der Waals surface area contributed by atoms with Crippen molar-refractivity contribution in [3.8, 4) is 0 Å². The van der Waals surface area contributed by atoms with E-state index in [1.807, 2.05) is 18.2 Å². The molecule has 6 nitrogen and oxygen atoms in total. The molecule has 1 aliphatic heterocycles. The number of hydrogen-bond donors (Lipinski definition) is 2. The first-order chi connectivity index (χ1) is 14.1. The normalized spacial score (nSPS) is 17.8. The highest BCUT2D eigenvalue weighted by Crippen LogP contribution is 2.23. The summed E-state index contributed by atoms with van der Waals surface area (Å²) < 4.78 is 0.821. The van der Waals surface area contributed by atoms with Crippen LogP contribution in [0.25, 0.3) is 0 Å². The fraction of sp³-hybridized carbons (Fsp3) is 0.429. The van der Waals surface area contributed by atoms with E-state index in [1.54, 1.807) is 23.5 Å². The largest absolute Gasteiger partial charge is 0.349 e. The van der Waals surface area contributed by atoms with Gasteiger partial charge in [0, 0.05) is 43.6 Å². The topological polar surface area (TPSA) is 64.7 Å². The molecule has 1 saturated carbocycles. The minimum atomic E-state index is -0.120. The SMILES string of the molecule is O=C(CN1CCN(Cc2ccc(Cl)s2)CC1)Nc1ccccc1C(=O)NC1CC1. The first-order valence-electron chi connectivity index (χ1n) is 9.95. The summed E-state index contributed by atoms with van der Waals surface area (Å²) in [5, 5.41) is 5.90. The van der Waals surface area contributed by atoms with E-state index in [0.717, 1.165) is 49.9 Å². The van der Waals surface area contributed by atoms with Crippen molar-refractivity contribution in [3.63, 3.8) is 0 Å². The van der Waals surface area contributed by atoms with E-state index >= 15 is 0 Å². The van der Waals surface area contributed by atoms with Crippen LogP contribution in [-0.2, 0) is 11.3 Å². The Morgan fingerprint density at radius 1 is 1.03 bits per heavy atom. The summed E-state index contributed by atoms with van der Waals surface area (Å²) in [6.45, 7) is 4.76. The van der Waals surface area contributed by atoms with Gasteiger partial charge in [0.05, 0.1) is 22.1 Å². The van der Waals surface area contributed by atoms with E-state index in [0.29, 0.717) is 17.8 Å². The third kappa shape index (κ3) is 5.79. The highest BCUT2D eigenvalue weighted by atomic mass is 35.5. The van der Waals surface area contributed by atoms with Gasteiger partial charge in [-0.15, -0.1) is 11.3 Å². The maximum Gasteiger partial charge on any atom is 0.253 e. The maximum absolute atomic E-state index is 12.6. The summed E-state index contributed by atoms with van der Waals surface area (Å²) in [5.74, 6) is -0.208. The third-order valence-electron chi connectivity index (χ3n) is 5.20. The number of halogens is 1. The van der Waals surface area contributed by atoms with E-state index in [-0.39, 0.29) is 17.9 Å². The Morgan fingerprint density at radius 3 is 2.45 bits per heavy atom. The average Bonchev–Trinajstić information content (AvgIpc) is 3.43. The quantitative estimate of drug-likeness (QED) is 0.705. The van der Waals surface area contributed by atoms with Crippen LogP contribution in [-0.4, -0.2) is 60.4 Å². The Morgan fingerprint density at radius 2 is 1.76 bits per heavy atom. The summed E-state index contributed by atoms with van der Waals surface area (Å²) in [7, 11) is 0. The molecule has 1 saturated heterocycles. The first kappa shape index (κ1) is 20.3. The second-order valence-corrected chi connectivity index (χ2v) is 9.40. The van der Waals surface area contributed by atoms with Gasteiger partial charge in [0.15, 0.2) is 0 Å². The number of piperazine rings is 1. The number of nitrogens with one attached hydrogen (secondary N) is 2. The first-order valence-corrected chi connectivity index (χ1v) is 11.1. The van der Waals surface area contributed by atoms with Gasteiger partial charge < -0.3 is 10.6 Å². The zero-order valence-electron chi connectivity index (χ0n) is 16.2. The summed E-state index contributed by atoms with van der Waals surface area (Å²) in [4.78, 5) is 30.7. The molecule has 0 bridgehead atoms. The van der Waals surface area contributed by atoms with Crippen molar-refractivity contribution in [2.45, 2.75) is 25.4 Å². The van der Waals surface area contributed by atoms with E-state index in [9.17, 15) is 9.59 Å². The molecule has 29 heavy (non-hydrogen) atoms. The van der Waals surface area contributed by atoms with Gasteiger partial charge in [-0.2, -0.15) is 0 Å². The zero-order chi connectivity index (χ0) is 20.2. The number of thiophene rings is 1. The van der Waals surface area contributed by atoms with Crippen LogP contribution < -0.4 is 10.6 Å². The molecule has 2 heterocycles. The molecular weight excluding hydrogens is 408 g/mol. The summed E-state index contributed by atoms with van der Waals surface area (Å²) in [6.07, 6.45) is 2.07. The van der Waals surface area contributed by atoms with Crippen LogP contribution in [0.15, 0.2) is 36.4 Å². The van der Waals surface area contributed by atoms with Crippen LogP contribution in [0.1, 0.15) is 28.1 Å². The number of benzene rings is 1. The molecule has 0 spiro atoms. The zero-order valence-corrected chi connectivity index (χ0v) is 17.8. The van der Waals surface area contributed by atoms with Gasteiger partial charge in [0.25, 0.3) is 5.91 Å². The Balaban J connectivity index is 1.26. The van der Waals surface area contributed by atoms with Crippen molar-refractivity contribution < 1.29 is 9.59 Å². The molecule has 4 rings (SSSR count). The number of hydrogen-bond acceptors (Lipinski definition) is 5. The Hall–Kier alpha value is -1.93. The van der Waals surface area contributed by atoms with Crippen molar-refractivity contribution in [1.82, 2.24) is 15.1 Å². The van der Waals surface area contributed by atoms with Gasteiger partial charge >= 0.3 is 0 Å². The fourth-order valence-electron chi connectivity index (χ4n) is 3.44. The molecule has 1 aromatic carbocycles. The molecular formula is C21H25ClN4O2S. The molecule has 2 aromatic rings. The Kier molecular flexibility index (Phi) is 6.50. The molecule has 2 fully saturated rings. The van der Waals surface area contributed by atoms with E-state index in [2.05, 4.69) is 26.5 Å². The van der Waals surface area contributed by atoms with E-state index in [4.69, 9.17) is 11.6 Å². The number of rotatable bonds is 7. The number of amides is 2. The van der Waals surface area contributed by atoms with Crippen molar-refractivity contribution in [3.05, 3.63) is 51.2 Å². The predicted molar refractivity (Wildman–Crippen MR) is 117 cm³/mol. The molecule has 2 N–H and O–H groups in total. The lowest BCUT2D eigenvalue weighted by molar-refractivity contribution is -0.117. The number of para-hydroxylation sites is 1. The van der Waals surface area contributed by atoms with Gasteiger partial charge in [-0.3, -0.25) is 19.4 Å². The fourth-order valence-corrected chi connectivity index (χ4v) is 4.57. The number of nitrogens with zero attached hydrogens (tertiary/aromatic N) is 2. The van der Waals surface area contributed by atoms with Crippen molar-refractivity contribution >= 4 is 40.4 Å². The van der Waals surface area contributed by atoms with Crippen molar-refractivity contribution in [2.75, 3.05) is 38.0 Å². The standard InChI is InChI=1S/C21H25ClN4O2S/c22-19-8-7-16(29-19)13-25-9-11-26(12-10-25)14-20(27)24-18-4-2-1-3-17(18)21(28)23-15-5-6-15/h1-4,7-8,15H,5-6,9-14H2,(H,23,28)(H,24,27). The molecule has 0 unspecified atom stereocenters. The summed E-state index contributed by atoms with van der Waals surface area (Å²) in [6, 6.07) is 11.5. The van der Waals surface area contributed by atoms with Crippen LogP contribution in [0.4, 0.5) is 5.69 Å². The molecule has 8 heteroatoms. The highest BCUT2D eigenvalue weighted by molar-refractivity contribution is 7.16. The van der Waals surface area contributed by atoms with Gasteiger partial charge in [-0.25, -0.2) is 0 Å². The van der Waals surface area contributed by atoms with Gasteiger partial charge in [0.2, 0.25) is 5.91 Å². The smallest absolute Gasteiger partial charge is 0.253 e. The molecule has 154 valence electrons. The third-order valence-corrected chi connectivity index (χ3v) is 6.41. The predicted octanol–water partition coefficient (Wildman–Crippen LogP) is 3.05. The number of anilines is 1. The second kappa shape index (κ2) is 9.26. The van der Waals surface area contributed by atoms with Crippen molar-refractivity contribution in [2.24, 2.45) is 0 Å². The van der Waals surface area contributed by atoms with Gasteiger partial charge in [-0.1, -0.05) is 23.7 Å². The van der Waals surface area contributed by atoms with Crippen LogP contribution in [0, 0.1) is 0 Å². The van der Waals surface area contributed by atoms with Crippen molar-refractivity contribution in [1.29, 1.82) is 0 Å². The second-order valence-electron chi connectivity index (χ2n) is 7.60. The van der Waals surface area contributed by atoms with Gasteiger partial charge in [0.1, 0.15) is 0 Å². The average molecular weight is 433 g/mol. The Bertz CT molecular complexity index is 875. The lowest BCUT2D eigenvalue weighted by atomic mass is 10.1. The molecule has 1 aliphatic carbocycles. The maximum atomic E-state index is 12.6. The van der Waals surface area contributed by atoms with Crippen LogP contribution in [0.2, 0.25) is 4.34 Å². The van der Waals surface area contributed by atoms with E-state index < -0.39 is 0 Å². The highest BCUT2D eigenvalue weighted by Gasteiger charge is 2.25. The van der Waals surface area contributed by atoms with Crippen LogP contribution in [0.5, 0.6) is 0 Å². The summed E-state index contributed by atoms with van der Waals surface area (Å²) in [5.41, 5.74) is 1.09. The van der Waals surface area contributed by atoms with Crippen LogP contribution >= 0.6 is 22.9 Å².